The van der Waals surface area contributed by atoms with E-state index in [1.165, 1.54) is 17.0 Å². The molecule has 6 rings (SSSR count). The Labute approximate surface area is 200 Å². The van der Waals surface area contributed by atoms with Gasteiger partial charge in [0.1, 0.15) is 12.5 Å². The molecule has 2 bridgehead atoms. The standard InChI is InChI=1S/C26H20FN5O3/c27-18-8-5-16(6-9-18)12-29-24(33)22-13-30-14-23-25(34)31(26(35)32(22,23)15-30)21-10-7-17(11-28)19-3-1-2-4-20(19)21/h1-10,22-23H,12-15H2/p+1. The summed E-state index contributed by atoms with van der Waals surface area (Å²) in [5.41, 5.74) is 1.63. The summed E-state index contributed by atoms with van der Waals surface area (Å²) in [6, 6.07) is 16.6. The van der Waals surface area contributed by atoms with Crippen molar-refractivity contribution in [1.29, 1.82) is 5.26 Å². The van der Waals surface area contributed by atoms with Gasteiger partial charge < -0.3 is 5.32 Å². The highest BCUT2D eigenvalue weighted by molar-refractivity contribution is 6.22. The number of nitrogens with zero attached hydrogens (tertiary/aromatic N) is 4. The molecule has 3 saturated heterocycles. The van der Waals surface area contributed by atoms with Crippen molar-refractivity contribution in [2.45, 2.75) is 18.6 Å². The Morgan fingerprint density at radius 2 is 1.80 bits per heavy atom. The Hall–Kier alpha value is -4.13. The smallest absolute Gasteiger partial charge is 0.347 e. The molecule has 3 aliphatic heterocycles. The van der Waals surface area contributed by atoms with Crippen molar-refractivity contribution in [3.05, 3.63) is 77.6 Å². The maximum Gasteiger partial charge on any atom is 0.433 e. The molecule has 1 N–H and O–H groups in total. The number of amides is 4. The Morgan fingerprint density at radius 3 is 2.54 bits per heavy atom. The van der Waals surface area contributed by atoms with Crippen molar-refractivity contribution >= 4 is 34.3 Å². The maximum absolute atomic E-state index is 14.0. The van der Waals surface area contributed by atoms with Crippen LogP contribution in [0.4, 0.5) is 14.9 Å². The lowest BCUT2D eigenvalue weighted by Crippen LogP contribution is -2.64. The van der Waals surface area contributed by atoms with Crippen molar-refractivity contribution in [1.82, 2.24) is 10.2 Å². The van der Waals surface area contributed by atoms with E-state index < -0.39 is 18.1 Å². The van der Waals surface area contributed by atoms with Crippen molar-refractivity contribution in [2.75, 3.05) is 24.7 Å². The normalized spacial score (nSPS) is 26.7. The first-order valence-electron chi connectivity index (χ1n) is 11.4. The molecule has 3 aliphatic rings. The van der Waals surface area contributed by atoms with Gasteiger partial charge in [-0.05, 0) is 29.8 Å². The minimum absolute atomic E-state index is 0.201. The molecule has 3 fully saturated rings. The predicted molar refractivity (Wildman–Crippen MR) is 124 cm³/mol. The molecule has 3 aromatic rings. The van der Waals surface area contributed by atoms with Gasteiger partial charge in [-0.3, -0.25) is 9.59 Å². The van der Waals surface area contributed by atoms with E-state index in [1.54, 1.807) is 48.5 Å². The largest absolute Gasteiger partial charge is 0.433 e. The van der Waals surface area contributed by atoms with E-state index >= 15 is 0 Å². The molecule has 4 atom stereocenters. The van der Waals surface area contributed by atoms with Gasteiger partial charge in [-0.15, -0.1) is 0 Å². The summed E-state index contributed by atoms with van der Waals surface area (Å²) < 4.78 is 12.9. The predicted octanol–water partition coefficient (Wildman–Crippen LogP) is 2.47. The maximum atomic E-state index is 14.0. The fraction of sp³-hybridized carbons (Fsp3) is 0.231. The molecule has 0 saturated carbocycles. The third-order valence-corrected chi connectivity index (χ3v) is 7.41. The summed E-state index contributed by atoms with van der Waals surface area (Å²) >= 11 is 0. The Morgan fingerprint density at radius 1 is 1.06 bits per heavy atom. The van der Waals surface area contributed by atoms with Crippen molar-refractivity contribution in [2.24, 2.45) is 0 Å². The highest BCUT2D eigenvalue weighted by atomic mass is 19.1. The molecule has 0 aromatic heterocycles. The molecule has 0 aliphatic carbocycles. The first-order valence-corrected chi connectivity index (χ1v) is 11.4. The van der Waals surface area contributed by atoms with Crippen LogP contribution in [0.2, 0.25) is 0 Å². The average molecular weight is 470 g/mol. The molecular weight excluding hydrogens is 449 g/mol. The Kier molecular flexibility index (Phi) is 4.71. The van der Waals surface area contributed by atoms with E-state index in [0.29, 0.717) is 41.8 Å². The highest BCUT2D eigenvalue weighted by Gasteiger charge is 2.73. The van der Waals surface area contributed by atoms with Crippen LogP contribution in [-0.2, 0) is 16.1 Å². The summed E-state index contributed by atoms with van der Waals surface area (Å²) in [6.45, 7) is 1.30. The van der Waals surface area contributed by atoms with E-state index in [1.807, 2.05) is 4.90 Å². The molecule has 4 unspecified atom stereocenters. The van der Waals surface area contributed by atoms with Gasteiger partial charge >= 0.3 is 6.03 Å². The molecule has 35 heavy (non-hydrogen) atoms. The number of piperazine rings is 1. The van der Waals surface area contributed by atoms with Crippen molar-refractivity contribution in [3.63, 3.8) is 0 Å². The first-order chi connectivity index (χ1) is 16.9. The molecule has 9 heteroatoms. The monoisotopic (exact) mass is 470 g/mol. The van der Waals surface area contributed by atoms with Gasteiger partial charge in [0, 0.05) is 17.3 Å². The van der Waals surface area contributed by atoms with Gasteiger partial charge in [-0.2, -0.15) is 10.2 Å². The third kappa shape index (κ3) is 3.00. The number of halogens is 1. The minimum atomic E-state index is -0.722. The number of carbonyl (C=O) groups is 3. The van der Waals surface area contributed by atoms with E-state index in [0.717, 1.165) is 5.56 Å². The SMILES string of the molecule is N#Cc1ccc(N2C(=O)C3CN4CC(C(=O)NCc5ccc(F)cc5)[N+]3(C4)C2=O)c2ccccc12. The number of nitrogens with one attached hydrogen (secondary N) is 1. The topological polar surface area (TPSA) is 93.5 Å². The molecular formula is C26H21FN5O3+. The molecule has 3 aromatic carbocycles. The van der Waals surface area contributed by atoms with Gasteiger partial charge in [-0.1, -0.05) is 36.4 Å². The fourth-order valence-electron chi connectivity index (χ4n) is 5.75. The van der Waals surface area contributed by atoms with E-state index in [4.69, 9.17) is 0 Å². The molecule has 0 radical (unpaired) electrons. The van der Waals surface area contributed by atoms with Crippen LogP contribution < -0.4 is 10.2 Å². The third-order valence-electron chi connectivity index (χ3n) is 7.41. The summed E-state index contributed by atoms with van der Waals surface area (Å²) in [7, 11) is 0. The zero-order valence-electron chi connectivity index (χ0n) is 18.6. The molecule has 174 valence electrons. The Bertz CT molecular complexity index is 1450. The van der Waals surface area contributed by atoms with Crippen LogP contribution in [0.3, 0.4) is 0 Å². The number of quaternary nitrogens is 1. The number of carbonyl (C=O) groups excluding carboxylic acids is 3. The Balaban J connectivity index is 1.34. The van der Waals surface area contributed by atoms with E-state index in [9.17, 15) is 24.0 Å². The number of hydrogen-bond donors (Lipinski definition) is 1. The van der Waals surface area contributed by atoms with Gasteiger partial charge in [-0.25, -0.2) is 18.6 Å². The molecule has 3 heterocycles. The second-order valence-electron chi connectivity index (χ2n) is 9.23. The number of imide groups is 1. The van der Waals surface area contributed by atoms with Gasteiger partial charge in [0.15, 0.2) is 12.1 Å². The number of benzene rings is 3. The van der Waals surface area contributed by atoms with Crippen LogP contribution >= 0.6 is 0 Å². The number of rotatable bonds is 4. The first kappa shape index (κ1) is 21.4. The number of anilines is 1. The van der Waals surface area contributed by atoms with E-state index in [-0.39, 0.29) is 28.7 Å². The summed E-state index contributed by atoms with van der Waals surface area (Å²) in [5, 5.41) is 13.7. The highest BCUT2D eigenvalue weighted by Crippen LogP contribution is 2.44. The molecule has 4 amide bonds. The van der Waals surface area contributed by atoms with Crippen LogP contribution in [0.1, 0.15) is 11.1 Å². The van der Waals surface area contributed by atoms with Crippen molar-refractivity contribution < 1.29 is 23.3 Å². The zero-order chi connectivity index (χ0) is 24.3. The number of nitriles is 1. The van der Waals surface area contributed by atoms with Gasteiger partial charge in [0.2, 0.25) is 0 Å². The van der Waals surface area contributed by atoms with Crippen LogP contribution in [0, 0.1) is 17.1 Å². The second kappa shape index (κ2) is 7.70. The number of hydrogen-bond acceptors (Lipinski definition) is 5. The summed E-state index contributed by atoms with van der Waals surface area (Å²) in [5.74, 6) is -0.998. The number of fused-ring (bicyclic) bond motifs is 2. The van der Waals surface area contributed by atoms with Crippen LogP contribution in [-0.4, -0.2) is 59.1 Å². The van der Waals surface area contributed by atoms with Gasteiger partial charge in [0.05, 0.1) is 30.4 Å². The van der Waals surface area contributed by atoms with Gasteiger partial charge in [0.25, 0.3) is 11.8 Å². The van der Waals surface area contributed by atoms with Crippen LogP contribution in [0.25, 0.3) is 10.8 Å². The van der Waals surface area contributed by atoms with Crippen LogP contribution in [0.15, 0.2) is 60.7 Å². The fourth-order valence-corrected chi connectivity index (χ4v) is 5.75. The van der Waals surface area contributed by atoms with E-state index in [2.05, 4.69) is 11.4 Å². The summed E-state index contributed by atoms with van der Waals surface area (Å²) in [4.78, 5) is 44.0. The zero-order valence-corrected chi connectivity index (χ0v) is 18.6. The second-order valence-corrected chi connectivity index (χ2v) is 9.23. The lowest BCUT2D eigenvalue weighted by molar-refractivity contribution is -0.853. The quantitative estimate of drug-likeness (QED) is 0.467. The lowest BCUT2D eigenvalue weighted by atomic mass is 10.0. The molecule has 8 nitrogen and oxygen atoms in total. The molecule has 1 spiro atoms. The number of urea groups is 1. The lowest BCUT2D eigenvalue weighted by Gasteiger charge is -2.32. The van der Waals surface area contributed by atoms with Crippen LogP contribution in [0.5, 0.6) is 0 Å². The minimum Gasteiger partial charge on any atom is -0.347 e. The average Bonchev–Trinajstić information content (AvgIpc) is 3.51. The van der Waals surface area contributed by atoms with Crippen molar-refractivity contribution in [3.8, 4) is 6.07 Å². The summed E-state index contributed by atoms with van der Waals surface area (Å²) in [6.07, 6.45) is 0.